The molecular formula is C16H26IN3. The summed E-state index contributed by atoms with van der Waals surface area (Å²) in [6.07, 6.45) is 4.99. The molecule has 0 aliphatic heterocycles. The maximum atomic E-state index is 5.87. The fourth-order valence-electron chi connectivity index (χ4n) is 2.41. The van der Waals surface area contributed by atoms with E-state index >= 15 is 0 Å². The highest BCUT2D eigenvalue weighted by Crippen LogP contribution is 2.26. The third-order valence-electron chi connectivity index (χ3n) is 3.94. The molecule has 0 heterocycles. The summed E-state index contributed by atoms with van der Waals surface area (Å²) < 4.78 is 0. The highest BCUT2D eigenvalue weighted by atomic mass is 127. The van der Waals surface area contributed by atoms with Gasteiger partial charge < -0.3 is 11.1 Å². The van der Waals surface area contributed by atoms with Crippen LogP contribution in [0.4, 0.5) is 0 Å². The molecule has 0 amide bonds. The van der Waals surface area contributed by atoms with Crippen LogP contribution >= 0.6 is 24.0 Å². The van der Waals surface area contributed by atoms with Gasteiger partial charge in [0.05, 0.1) is 0 Å². The normalized spacial score (nSPS) is 15.4. The molecule has 0 aromatic heterocycles. The van der Waals surface area contributed by atoms with Crippen LogP contribution in [-0.4, -0.2) is 19.0 Å². The average Bonchev–Trinajstić information content (AvgIpc) is 2.30. The summed E-state index contributed by atoms with van der Waals surface area (Å²) in [6.45, 7) is 6.03. The monoisotopic (exact) mass is 387 g/mol. The number of guanidine groups is 1. The molecule has 0 atom stereocenters. The van der Waals surface area contributed by atoms with Crippen molar-refractivity contribution in [2.45, 2.75) is 39.5 Å². The Morgan fingerprint density at radius 2 is 2.10 bits per heavy atom. The standard InChI is InChI=1S/C16H25N3.HI/c1-12-6-7-15(13(2)10-12)8-9-18-16(17)19-11-14-4-3-5-14;/h6-7,10,14H,3-5,8-9,11H2,1-2H3,(H3,17,18,19);1H. The largest absolute Gasteiger partial charge is 0.370 e. The Labute approximate surface area is 139 Å². The van der Waals surface area contributed by atoms with Crippen molar-refractivity contribution < 1.29 is 0 Å². The van der Waals surface area contributed by atoms with E-state index < -0.39 is 0 Å². The lowest BCUT2D eigenvalue weighted by molar-refractivity contribution is 0.326. The minimum atomic E-state index is 0. The van der Waals surface area contributed by atoms with Gasteiger partial charge in [0.25, 0.3) is 0 Å². The van der Waals surface area contributed by atoms with Crippen molar-refractivity contribution in [2.75, 3.05) is 13.1 Å². The molecule has 1 fully saturated rings. The number of halogens is 1. The number of nitrogens with zero attached hydrogens (tertiary/aromatic N) is 1. The molecule has 0 unspecified atom stereocenters. The summed E-state index contributed by atoms with van der Waals surface area (Å²) in [4.78, 5) is 4.40. The van der Waals surface area contributed by atoms with Gasteiger partial charge in [0.2, 0.25) is 0 Å². The smallest absolute Gasteiger partial charge is 0.188 e. The van der Waals surface area contributed by atoms with E-state index in [1.54, 1.807) is 0 Å². The molecular weight excluding hydrogens is 361 g/mol. The minimum Gasteiger partial charge on any atom is -0.370 e. The Balaban J connectivity index is 0.00000200. The molecule has 1 aliphatic carbocycles. The summed E-state index contributed by atoms with van der Waals surface area (Å²) in [5.41, 5.74) is 9.91. The Morgan fingerprint density at radius 1 is 1.35 bits per heavy atom. The fraction of sp³-hybridized carbons (Fsp3) is 0.562. The third-order valence-corrected chi connectivity index (χ3v) is 3.94. The molecule has 112 valence electrons. The van der Waals surface area contributed by atoms with E-state index in [2.05, 4.69) is 42.4 Å². The van der Waals surface area contributed by atoms with Crippen LogP contribution in [0.25, 0.3) is 0 Å². The Morgan fingerprint density at radius 3 is 2.70 bits per heavy atom. The second-order valence-corrected chi connectivity index (χ2v) is 5.63. The van der Waals surface area contributed by atoms with Gasteiger partial charge in [0.15, 0.2) is 5.96 Å². The molecule has 3 nitrogen and oxygen atoms in total. The second kappa shape index (κ2) is 8.49. The molecule has 0 radical (unpaired) electrons. The van der Waals surface area contributed by atoms with Crippen molar-refractivity contribution >= 4 is 29.9 Å². The van der Waals surface area contributed by atoms with Crippen molar-refractivity contribution in [1.29, 1.82) is 0 Å². The molecule has 0 saturated heterocycles. The molecule has 0 bridgehead atoms. The van der Waals surface area contributed by atoms with Crippen LogP contribution in [0.5, 0.6) is 0 Å². The molecule has 1 saturated carbocycles. The van der Waals surface area contributed by atoms with Crippen molar-refractivity contribution in [3.05, 3.63) is 34.9 Å². The van der Waals surface area contributed by atoms with Crippen LogP contribution in [0, 0.1) is 19.8 Å². The van der Waals surface area contributed by atoms with Crippen LogP contribution in [0.3, 0.4) is 0 Å². The van der Waals surface area contributed by atoms with E-state index in [1.807, 2.05) is 0 Å². The summed E-state index contributed by atoms with van der Waals surface area (Å²) in [5, 5.41) is 3.20. The topological polar surface area (TPSA) is 50.4 Å². The number of hydrogen-bond acceptors (Lipinski definition) is 1. The van der Waals surface area contributed by atoms with Crippen molar-refractivity contribution in [1.82, 2.24) is 5.32 Å². The van der Waals surface area contributed by atoms with E-state index in [9.17, 15) is 0 Å². The van der Waals surface area contributed by atoms with Crippen molar-refractivity contribution in [3.63, 3.8) is 0 Å². The zero-order valence-electron chi connectivity index (χ0n) is 12.5. The van der Waals surface area contributed by atoms with Gasteiger partial charge in [-0.05, 0) is 50.2 Å². The van der Waals surface area contributed by atoms with E-state index in [0.29, 0.717) is 5.96 Å². The summed E-state index contributed by atoms with van der Waals surface area (Å²) in [6, 6.07) is 6.59. The lowest BCUT2D eigenvalue weighted by atomic mass is 9.86. The lowest BCUT2D eigenvalue weighted by Gasteiger charge is -2.23. The molecule has 3 N–H and O–H groups in total. The maximum Gasteiger partial charge on any atom is 0.188 e. The predicted molar refractivity (Wildman–Crippen MR) is 96.9 cm³/mol. The van der Waals surface area contributed by atoms with Crippen molar-refractivity contribution in [3.8, 4) is 0 Å². The molecule has 1 aromatic carbocycles. The van der Waals surface area contributed by atoms with E-state index in [-0.39, 0.29) is 24.0 Å². The van der Waals surface area contributed by atoms with Crippen LogP contribution in [0.2, 0.25) is 0 Å². The number of benzene rings is 1. The van der Waals surface area contributed by atoms with Crippen LogP contribution in [0.1, 0.15) is 36.0 Å². The summed E-state index contributed by atoms with van der Waals surface area (Å²) in [5.74, 6) is 1.37. The predicted octanol–water partition coefficient (Wildman–Crippen LogP) is 3.17. The number of aryl methyl sites for hydroxylation is 2. The minimum absolute atomic E-state index is 0. The van der Waals surface area contributed by atoms with Gasteiger partial charge >= 0.3 is 0 Å². The number of rotatable bonds is 5. The number of nitrogens with two attached hydrogens (primary N) is 1. The zero-order valence-corrected chi connectivity index (χ0v) is 14.8. The number of hydrogen-bond donors (Lipinski definition) is 2. The zero-order chi connectivity index (χ0) is 13.7. The van der Waals surface area contributed by atoms with Crippen LogP contribution in [-0.2, 0) is 6.42 Å². The highest BCUT2D eigenvalue weighted by Gasteiger charge is 2.16. The molecule has 0 spiro atoms. The van der Waals surface area contributed by atoms with Gasteiger partial charge in [-0.25, -0.2) is 0 Å². The summed E-state index contributed by atoms with van der Waals surface area (Å²) >= 11 is 0. The van der Waals surface area contributed by atoms with Gasteiger partial charge in [0.1, 0.15) is 0 Å². The first-order valence-electron chi connectivity index (χ1n) is 7.25. The Hall–Kier alpha value is -0.780. The first-order chi connectivity index (χ1) is 9.15. The number of aliphatic imine (C=N–C) groups is 1. The van der Waals surface area contributed by atoms with Crippen LogP contribution in [0.15, 0.2) is 23.2 Å². The average molecular weight is 387 g/mol. The molecule has 4 heteroatoms. The Kier molecular flexibility index (Phi) is 7.34. The van der Waals surface area contributed by atoms with E-state index in [1.165, 1.54) is 36.0 Å². The summed E-state index contributed by atoms with van der Waals surface area (Å²) in [7, 11) is 0. The van der Waals surface area contributed by atoms with Crippen molar-refractivity contribution in [2.24, 2.45) is 16.6 Å². The SMILES string of the molecule is Cc1ccc(CCNC(N)=NCC2CCC2)c(C)c1.I. The third kappa shape index (κ3) is 5.31. The fourth-order valence-corrected chi connectivity index (χ4v) is 2.41. The van der Waals surface area contributed by atoms with Gasteiger partial charge in [-0.15, -0.1) is 24.0 Å². The first kappa shape index (κ1) is 17.3. The van der Waals surface area contributed by atoms with Gasteiger partial charge in [-0.1, -0.05) is 30.2 Å². The molecule has 2 rings (SSSR count). The molecule has 1 aromatic rings. The Bertz CT molecular complexity index is 453. The lowest BCUT2D eigenvalue weighted by Crippen LogP contribution is -2.34. The second-order valence-electron chi connectivity index (χ2n) is 5.63. The van der Waals surface area contributed by atoms with E-state index in [4.69, 9.17) is 5.73 Å². The van der Waals surface area contributed by atoms with Gasteiger partial charge in [-0.2, -0.15) is 0 Å². The maximum absolute atomic E-state index is 5.87. The number of nitrogens with one attached hydrogen (secondary N) is 1. The van der Waals surface area contributed by atoms with E-state index in [0.717, 1.165) is 25.4 Å². The highest BCUT2D eigenvalue weighted by molar-refractivity contribution is 14.0. The van der Waals surface area contributed by atoms with Gasteiger partial charge in [0, 0.05) is 13.1 Å². The van der Waals surface area contributed by atoms with Gasteiger partial charge in [-0.3, -0.25) is 4.99 Å². The molecule has 20 heavy (non-hydrogen) atoms. The molecule has 1 aliphatic rings. The first-order valence-corrected chi connectivity index (χ1v) is 7.25. The van der Waals surface area contributed by atoms with Crippen LogP contribution < -0.4 is 11.1 Å². The quantitative estimate of drug-likeness (QED) is 0.463.